The Morgan fingerprint density at radius 3 is 2.29 bits per heavy atom. The Kier molecular flexibility index (Phi) is 7.96. The molecule has 2 rings (SSSR count). The molecule has 2 amide bonds. The van der Waals surface area contributed by atoms with E-state index >= 15 is 0 Å². The average molecular weight is 453 g/mol. The molecule has 11 heteroatoms. The zero-order valence-electron chi connectivity index (χ0n) is 17.2. The van der Waals surface area contributed by atoms with Crippen LogP contribution in [0.4, 0.5) is 26.3 Å². The largest absolute Gasteiger partial charge is 0.416 e. The van der Waals surface area contributed by atoms with Gasteiger partial charge in [0.05, 0.1) is 17.6 Å². The highest BCUT2D eigenvalue weighted by Crippen LogP contribution is 2.30. The van der Waals surface area contributed by atoms with Crippen molar-refractivity contribution in [3.05, 3.63) is 35.1 Å². The number of amides is 2. The van der Waals surface area contributed by atoms with Gasteiger partial charge in [0, 0.05) is 12.1 Å². The van der Waals surface area contributed by atoms with Crippen molar-refractivity contribution in [1.29, 1.82) is 0 Å². The molecule has 0 unspecified atom stereocenters. The lowest BCUT2D eigenvalue weighted by atomic mass is 9.96. The van der Waals surface area contributed by atoms with Crippen LogP contribution in [-0.4, -0.2) is 54.9 Å². The topological polar surface area (TPSA) is 61.4 Å². The highest BCUT2D eigenvalue weighted by molar-refractivity contribution is 5.94. The number of likely N-dealkylation sites (tertiary alicyclic amines) is 1. The summed E-state index contributed by atoms with van der Waals surface area (Å²) in [5.74, 6) is -2.44. The summed E-state index contributed by atoms with van der Waals surface area (Å²) >= 11 is 0. The molecule has 1 aliphatic heterocycles. The van der Waals surface area contributed by atoms with Crippen LogP contribution in [0, 0.1) is 11.7 Å². The third-order valence-electron chi connectivity index (χ3n) is 5.12. The summed E-state index contributed by atoms with van der Waals surface area (Å²) in [6.45, 7) is 3.64. The van der Waals surface area contributed by atoms with E-state index < -0.39 is 46.9 Å². The first-order valence-corrected chi connectivity index (χ1v) is 9.75. The van der Waals surface area contributed by atoms with Crippen LogP contribution in [0.15, 0.2) is 18.2 Å². The Morgan fingerprint density at radius 1 is 1.13 bits per heavy atom. The van der Waals surface area contributed by atoms with Gasteiger partial charge in [0.25, 0.3) is 12.3 Å². The first-order chi connectivity index (χ1) is 14.3. The van der Waals surface area contributed by atoms with Crippen LogP contribution in [0.5, 0.6) is 0 Å². The summed E-state index contributed by atoms with van der Waals surface area (Å²) < 4.78 is 77.5. The van der Waals surface area contributed by atoms with E-state index in [9.17, 15) is 35.9 Å². The smallest absolute Gasteiger partial charge is 0.352 e. The molecule has 5 nitrogen and oxygen atoms in total. The van der Waals surface area contributed by atoms with Gasteiger partial charge in [-0.3, -0.25) is 14.5 Å². The number of rotatable bonds is 7. The third-order valence-corrected chi connectivity index (χ3v) is 5.12. The number of nitrogens with one attached hydrogen (secondary N) is 2. The van der Waals surface area contributed by atoms with Crippen molar-refractivity contribution in [2.45, 2.75) is 44.8 Å². The minimum atomic E-state index is -4.76. The number of alkyl halides is 5. The second-order valence-electron chi connectivity index (χ2n) is 8.23. The SMILES string of the molecule is CC(C)(NC(=O)CN1CCC(CNC(=O)c2cc(F)cc(C(F)(F)F)c2)CC1)C(F)F. The Balaban J connectivity index is 1.80. The average Bonchev–Trinajstić information content (AvgIpc) is 2.65. The van der Waals surface area contributed by atoms with Gasteiger partial charge in [-0.1, -0.05) is 0 Å². The minimum Gasteiger partial charge on any atom is -0.352 e. The summed E-state index contributed by atoms with van der Waals surface area (Å²) in [4.78, 5) is 25.9. The second-order valence-corrected chi connectivity index (χ2v) is 8.23. The van der Waals surface area contributed by atoms with Crippen molar-refractivity contribution in [2.24, 2.45) is 5.92 Å². The molecule has 0 saturated carbocycles. The quantitative estimate of drug-likeness (QED) is 0.622. The lowest BCUT2D eigenvalue weighted by molar-refractivity contribution is -0.137. The van der Waals surface area contributed by atoms with E-state index in [0.29, 0.717) is 38.1 Å². The van der Waals surface area contributed by atoms with Crippen LogP contribution in [0.25, 0.3) is 0 Å². The van der Waals surface area contributed by atoms with Crippen molar-refractivity contribution in [3.8, 4) is 0 Å². The zero-order chi connectivity index (χ0) is 23.4. The highest BCUT2D eigenvalue weighted by Gasteiger charge is 2.33. The Labute approximate surface area is 176 Å². The highest BCUT2D eigenvalue weighted by atomic mass is 19.4. The Hall–Kier alpha value is -2.30. The molecule has 0 radical (unpaired) electrons. The molecule has 1 aliphatic rings. The van der Waals surface area contributed by atoms with Crippen LogP contribution in [0.3, 0.4) is 0 Å². The molecule has 0 bridgehead atoms. The molecule has 0 aliphatic carbocycles. The number of piperidine rings is 1. The molecule has 2 N–H and O–H groups in total. The van der Waals surface area contributed by atoms with Crippen LogP contribution in [0.2, 0.25) is 0 Å². The lowest BCUT2D eigenvalue weighted by Crippen LogP contribution is -2.52. The van der Waals surface area contributed by atoms with Gasteiger partial charge >= 0.3 is 6.18 Å². The summed E-state index contributed by atoms with van der Waals surface area (Å²) in [6.07, 6.45) is -6.26. The van der Waals surface area contributed by atoms with Crippen molar-refractivity contribution in [3.63, 3.8) is 0 Å². The molecule has 0 aromatic heterocycles. The Morgan fingerprint density at radius 2 is 1.74 bits per heavy atom. The summed E-state index contributed by atoms with van der Waals surface area (Å²) in [7, 11) is 0. The fourth-order valence-electron chi connectivity index (χ4n) is 3.23. The molecule has 1 fully saturated rings. The number of benzene rings is 1. The van der Waals surface area contributed by atoms with E-state index in [1.54, 1.807) is 4.90 Å². The van der Waals surface area contributed by atoms with E-state index in [2.05, 4.69) is 10.6 Å². The number of carbonyl (C=O) groups excluding carboxylic acids is 2. The van der Waals surface area contributed by atoms with Gasteiger partial charge in [0.15, 0.2) is 0 Å². The van der Waals surface area contributed by atoms with Gasteiger partial charge < -0.3 is 10.6 Å². The first kappa shape index (κ1) is 25.0. The minimum absolute atomic E-state index is 0.0245. The Bertz CT molecular complexity index is 790. The van der Waals surface area contributed by atoms with E-state index in [1.165, 1.54) is 13.8 Å². The second kappa shape index (κ2) is 9.88. The van der Waals surface area contributed by atoms with Gasteiger partial charge in [0.1, 0.15) is 5.82 Å². The third kappa shape index (κ3) is 7.41. The monoisotopic (exact) mass is 453 g/mol. The predicted molar refractivity (Wildman–Crippen MR) is 101 cm³/mol. The van der Waals surface area contributed by atoms with Gasteiger partial charge in [-0.2, -0.15) is 13.2 Å². The van der Waals surface area contributed by atoms with Gasteiger partial charge in [-0.15, -0.1) is 0 Å². The molecule has 1 aromatic rings. The molecular weight excluding hydrogens is 428 g/mol. The van der Waals surface area contributed by atoms with Crippen molar-refractivity contribution < 1.29 is 35.9 Å². The zero-order valence-corrected chi connectivity index (χ0v) is 17.2. The molecule has 1 saturated heterocycles. The van der Waals surface area contributed by atoms with Crippen LogP contribution >= 0.6 is 0 Å². The van der Waals surface area contributed by atoms with E-state index in [4.69, 9.17) is 0 Å². The number of carbonyl (C=O) groups is 2. The molecule has 0 spiro atoms. The van der Waals surface area contributed by atoms with E-state index in [0.717, 1.165) is 6.07 Å². The molecule has 31 heavy (non-hydrogen) atoms. The molecule has 0 atom stereocenters. The van der Waals surface area contributed by atoms with Crippen molar-refractivity contribution in [2.75, 3.05) is 26.2 Å². The van der Waals surface area contributed by atoms with Crippen LogP contribution in [-0.2, 0) is 11.0 Å². The fraction of sp³-hybridized carbons (Fsp3) is 0.600. The molecular formula is C20H25F6N3O2. The standard InChI is InChI=1S/C20H25F6N3O2/c1-19(2,18(22)23)28-16(30)11-29-5-3-12(4-6-29)10-27-17(31)13-7-14(20(24,25)26)9-15(21)8-13/h7-9,12,18H,3-6,10-11H2,1-2H3,(H,27,31)(H,28,30). The number of halogens is 6. The molecule has 174 valence electrons. The van der Waals surface area contributed by atoms with Gasteiger partial charge in [0.2, 0.25) is 5.91 Å². The molecule has 1 aromatic carbocycles. The molecule has 1 heterocycles. The fourth-order valence-corrected chi connectivity index (χ4v) is 3.23. The first-order valence-electron chi connectivity index (χ1n) is 9.75. The van der Waals surface area contributed by atoms with E-state index in [-0.39, 0.29) is 19.0 Å². The van der Waals surface area contributed by atoms with Gasteiger partial charge in [-0.25, -0.2) is 13.2 Å². The van der Waals surface area contributed by atoms with Crippen LogP contribution < -0.4 is 10.6 Å². The normalized spacial score (nSPS) is 16.4. The van der Waals surface area contributed by atoms with Gasteiger partial charge in [-0.05, 0) is 63.9 Å². The van der Waals surface area contributed by atoms with Crippen molar-refractivity contribution in [1.82, 2.24) is 15.5 Å². The summed E-state index contributed by atoms with van der Waals surface area (Å²) in [5, 5.41) is 4.81. The maximum absolute atomic E-state index is 13.4. The summed E-state index contributed by atoms with van der Waals surface area (Å²) in [6, 6.07) is 1.66. The number of nitrogens with zero attached hydrogens (tertiary/aromatic N) is 1. The number of hydrogen-bond donors (Lipinski definition) is 2. The maximum Gasteiger partial charge on any atom is 0.416 e. The maximum atomic E-state index is 13.4. The summed E-state index contributed by atoms with van der Waals surface area (Å²) in [5.41, 5.74) is -3.27. The lowest BCUT2D eigenvalue weighted by Gasteiger charge is -2.33. The number of hydrogen-bond acceptors (Lipinski definition) is 3. The van der Waals surface area contributed by atoms with E-state index in [1.807, 2.05) is 0 Å². The van der Waals surface area contributed by atoms with Crippen LogP contribution in [0.1, 0.15) is 42.6 Å². The predicted octanol–water partition coefficient (Wildman–Crippen LogP) is 3.45. The van der Waals surface area contributed by atoms with Crippen molar-refractivity contribution >= 4 is 11.8 Å².